The minimum atomic E-state index is -1.55. The molecule has 5 N–H and O–H groups in total. The lowest BCUT2D eigenvalue weighted by atomic mass is 9.97. The van der Waals surface area contributed by atoms with Crippen LogP contribution in [0.3, 0.4) is 0 Å². The number of amides is 1. The van der Waals surface area contributed by atoms with Crippen LogP contribution in [0.25, 0.3) is 0 Å². The molecule has 8 nitrogen and oxygen atoms in total. The van der Waals surface area contributed by atoms with Gasteiger partial charge in [0.2, 0.25) is 0 Å². The topological polar surface area (TPSA) is 128 Å². The van der Waals surface area contributed by atoms with Gasteiger partial charge in [0.25, 0.3) is 0 Å². The van der Waals surface area contributed by atoms with Gasteiger partial charge in [-0.25, -0.2) is 4.79 Å². The van der Waals surface area contributed by atoms with Crippen LogP contribution in [0.2, 0.25) is 0 Å². The summed E-state index contributed by atoms with van der Waals surface area (Å²) in [4.78, 5) is 11.5. The number of aliphatic hydroxyl groups excluding tert-OH is 4. The van der Waals surface area contributed by atoms with Crippen molar-refractivity contribution in [3.63, 3.8) is 0 Å². The Hall–Kier alpha value is -0.930. The van der Waals surface area contributed by atoms with E-state index in [1.54, 1.807) is 20.8 Å². The van der Waals surface area contributed by atoms with Gasteiger partial charge in [0.1, 0.15) is 30.0 Å². The van der Waals surface area contributed by atoms with Crippen LogP contribution in [0.5, 0.6) is 0 Å². The van der Waals surface area contributed by atoms with E-state index in [0.29, 0.717) is 0 Å². The molecule has 1 heterocycles. The quantitative estimate of drug-likeness (QED) is 0.408. The van der Waals surface area contributed by atoms with Crippen LogP contribution < -0.4 is 5.32 Å². The molecule has 0 spiro atoms. The molecule has 1 amide bonds. The molecule has 19 heavy (non-hydrogen) atoms. The number of hydrogen-bond acceptors (Lipinski definition) is 7. The van der Waals surface area contributed by atoms with E-state index in [2.05, 4.69) is 5.32 Å². The third-order valence-electron chi connectivity index (χ3n) is 2.58. The maximum absolute atomic E-state index is 11.5. The summed E-state index contributed by atoms with van der Waals surface area (Å²) in [7, 11) is 0. The number of alkyl carbamates (subject to hydrolysis) is 1. The van der Waals surface area contributed by atoms with Gasteiger partial charge in [0.15, 0.2) is 6.29 Å². The van der Waals surface area contributed by atoms with Crippen molar-refractivity contribution < 1.29 is 34.7 Å². The number of nitrogens with one attached hydrogen (secondary N) is 1. The molecule has 1 rings (SSSR count). The predicted molar refractivity (Wildman–Crippen MR) is 63.1 cm³/mol. The number of aliphatic hydroxyl groups is 4. The van der Waals surface area contributed by atoms with Crippen molar-refractivity contribution in [3.05, 3.63) is 0 Å². The number of carbonyl (C=O) groups excluding carboxylic acids is 1. The van der Waals surface area contributed by atoms with Gasteiger partial charge in [-0.05, 0) is 20.8 Å². The Bertz CT molecular complexity index is 317. The van der Waals surface area contributed by atoms with Crippen LogP contribution in [-0.2, 0) is 9.47 Å². The first-order valence-corrected chi connectivity index (χ1v) is 5.95. The number of carbonyl (C=O) groups is 1. The second kappa shape index (κ2) is 6.02. The van der Waals surface area contributed by atoms with E-state index in [1.807, 2.05) is 0 Å². The molecule has 1 saturated heterocycles. The van der Waals surface area contributed by atoms with Crippen molar-refractivity contribution >= 4 is 6.09 Å². The maximum Gasteiger partial charge on any atom is 0.408 e. The zero-order chi connectivity index (χ0) is 14.8. The molecular weight excluding hydrogens is 258 g/mol. The number of rotatable bonds is 2. The van der Waals surface area contributed by atoms with E-state index in [9.17, 15) is 20.1 Å². The monoisotopic (exact) mass is 279 g/mol. The summed E-state index contributed by atoms with van der Waals surface area (Å²) in [5, 5.41) is 40.2. The summed E-state index contributed by atoms with van der Waals surface area (Å²) in [6.07, 6.45) is -6.42. The van der Waals surface area contributed by atoms with Crippen molar-refractivity contribution in [1.82, 2.24) is 5.32 Å². The molecule has 0 aromatic heterocycles. The van der Waals surface area contributed by atoms with Crippen LogP contribution in [0, 0.1) is 0 Å². The molecule has 5 atom stereocenters. The highest BCUT2D eigenvalue weighted by Crippen LogP contribution is 2.20. The number of ether oxygens (including phenoxy) is 2. The van der Waals surface area contributed by atoms with Gasteiger partial charge in [-0.2, -0.15) is 0 Å². The molecule has 1 fully saturated rings. The Morgan fingerprint density at radius 1 is 1.26 bits per heavy atom. The SMILES string of the molecule is CC(C)(C)OC(=O)N[C@@H]1[C@@H](O)[C@H](O)[C@@H](CO)O[C@H]1O. The molecule has 1 aliphatic heterocycles. The van der Waals surface area contributed by atoms with Gasteiger partial charge < -0.3 is 35.2 Å². The smallest absolute Gasteiger partial charge is 0.408 e. The Kier molecular flexibility index (Phi) is 5.11. The fourth-order valence-electron chi connectivity index (χ4n) is 1.70. The molecule has 0 saturated carbocycles. The minimum Gasteiger partial charge on any atom is -0.444 e. The summed E-state index contributed by atoms with van der Waals surface area (Å²) in [5.74, 6) is 0. The van der Waals surface area contributed by atoms with Crippen molar-refractivity contribution in [2.75, 3.05) is 6.61 Å². The lowest BCUT2D eigenvalue weighted by Gasteiger charge is -2.40. The standard InChI is InChI=1S/C11H21NO7/c1-11(2,3)19-10(17)12-6-8(15)7(14)5(4-13)18-9(6)16/h5-9,13-16H,4H2,1-3H3,(H,12,17)/t5-,6-,7-,8-,9-/m1/s1. The first-order valence-electron chi connectivity index (χ1n) is 5.95. The fraction of sp³-hybridized carbons (Fsp3) is 0.909. The molecule has 0 aliphatic carbocycles. The van der Waals surface area contributed by atoms with E-state index >= 15 is 0 Å². The van der Waals surface area contributed by atoms with Gasteiger partial charge >= 0.3 is 6.09 Å². The molecule has 0 radical (unpaired) electrons. The molecule has 0 unspecified atom stereocenters. The van der Waals surface area contributed by atoms with E-state index < -0.39 is 48.9 Å². The van der Waals surface area contributed by atoms with Gasteiger partial charge in [0, 0.05) is 0 Å². The van der Waals surface area contributed by atoms with Crippen LogP contribution in [0.1, 0.15) is 20.8 Å². The lowest BCUT2D eigenvalue weighted by molar-refractivity contribution is -0.253. The van der Waals surface area contributed by atoms with E-state index in [0.717, 1.165) is 0 Å². The van der Waals surface area contributed by atoms with Crippen LogP contribution in [-0.4, -0.2) is 69.4 Å². The van der Waals surface area contributed by atoms with Crippen molar-refractivity contribution in [2.45, 2.75) is 57.0 Å². The summed E-state index contributed by atoms with van der Waals surface area (Å²) in [6.45, 7) is 4.42. The Morgan fingerprint density at radius 2 is 1.84 bits per heavy atom. The molecule has 112 valence electrons. The van der Waals surface area contributed by atoms with Crippen LogP contribution in [0.15, 0.2) is 0 Å². The fourth-order valence-corrected chi connectivity index (χ4v) is 1.70. The predicted octanol–water partition coefficient (Wildman–Crippen LogP) is -1.69. The van der Waals surface area contributed by atoms with E-state index in [4.69, 9.17) is 14.6 Å². The van der Waals surface area contributed by atoms with Gasteiger partial charge in [-0.1, -0.05) is 0 Å². The molecule has 0 aromatic rings. The Labute approximate surface area is 110 Å². The average Bonchev–Trinajstić information content (AvgIpc) is 2.27. The normalized spacial score (nSPS) is 35.8. The van der Waals surface area contributed by atoms with Crippen LogP contribution >= 0.6 is 0 Å². The van der Waals surface area contributed by atoms with Crippen molar-refractivity contribution in [3.8, 4) is 0 Å². The number of hydrogen-bond donors (Lipinski definition) is 5. The molecule has 8 heteroatoms. The second-order valence-electron chi connectivity index (χ2n) is 5.40. The molecule has 1 aliphatic rings. The highest BCUT2D eigenvalue weighted by Gasteiger charge is 2.44. The third-order valence-corrected chi connectivity index (χ3v) is 2.58. The Balaban J connectivity index is 2.65. The average molecular weight is 279 g/mol. The first kappa shape index (κ1) is 16.1. The van der Waals surface area contributed by atoms with Crippen LogP contribution in [0.4, 0.5) is 4.79 Å². The zero-order valence-electron chi connectivity index (χ0n) is 11.1. The summed E-state index contributed by atoms with van der Waals surface area (Å²) >= 11 is 0. The summed E-state index contributed by atoms with van der Waals surface area (Å²) in [5.41, 5.74) is -0.734. The zero-order valence-corrected chi connectivity index (χ0v) is 11.1. The summed E-state index contributed by atoms with van der Waals surface area (Å²) < 4.78 is 9.85. The Morgan fingerprint density at radius 3 is 2.32 bits per heavy atom. The van der Waals surface area contributed by atoms with Gasteiger partial charge in [-0.15, -0.1) is 0 Å². The maximum atomic E-state index is 11.5. The van der Waals surface area contributed by atoms with Gasteiger partial charge in [0.05, 0.1) is 6.61 Å². The van der Waals surface area contributed by atoms with E-state index in [-0.39, 0.29) is 0 Å². The summed E-state index contributed by atoms with van der Waals surface area (Å²) in [6, 6.07) is -1.24. The third kappa shape index (κ3) is 4.29. The lowest BCUT2D eigenvalue weighted by Crippen LogP contribution is -2.64. The van der Waals surface area contributed by atoms with E-state index in [1.165, 1.54) is 0 Å². The van der Waals surface area contributed by atoms with Crippen molar-refractivity contribution in [1.29, 1.82) is 0 Å². The van der Waals surface area contributed by atoms with Crippen molar-refractivity contribution in [2.24, 2.45) is 0 Å². The molecule has 0 bridgehead atoms. The highest BCUT2D eigenvalue weighted by atomic mass is 16.6. The first-order chi connectivity index (χ1) is 8.65. The second-order valence-corrected chi connectivity index (χ2v) is 5.40. The molecular formula is C11H21NO7. The highest BCUT2D eigenvalue weighted by molar-refractivity contribution is 5.68. The largest absolute Gasteiger partial charge is 0.444 e. The minimum absolute atomic E-state index is 0.561. The molecule has 0 aromatic carbocycles. The van der Waals surface area contributed by atoms with Gasteiger partial charge in [-0.3, -0.25) is 0 Å².